The van der Waals surface area contributed by atoms with E-state index in [9.17, 15) is 13.9 Å². The number of halogens is 2. The van der Waals surface area contributed by atoms with E-state index in [0.29, 0.717) is 23.7 Å². The number of rotatable bonds is 0. The lowest BCUT2D eigenvalue weighted by atomic mass is 9.58. The number of allylic oxidation sites excluding steroid dienone is 3. The molecule has 0 heterocycles. The average molecular weight is 314 g/mol. The van der Waals surface area contributed by atoms with Crippen molar-refractivity contribution in [2.75, 3.05) is 0 Å². The standard InChI is InChI=1S/C20H20F2O/c1-19-7-6-15-14-4-3-13(23)8-11(14)2-5-16(15)20(19)10-12(20)9-17(19)18(21)22/h3-4,8,12,23H,2,5-7,9-10H2,1H3/t12-,19-,20+/m0/s1. The predicted octanol–water partition coefficient (Wildman–Crippen LogP) is 5.45. The van der Waals surface area contributed by atoms with Gasteiger partial charge in [0.1, 0.15) is 5.75 Å². The van der Waals surface area contributed by atoms with Gasteiger partial charge in [-0.3, -0.25) is 0 Å². The summed E-state index contributed by atoms with van der Waals surface area (Å²) in [5.74, 6) is 0.745. The predicted molar refractivity (Wildman–Crippen MR) is 85.1 cm³/mol. The Balaban J connectivity index is 1.70. The fraction of sp³-hybridized carbons (Fsp3) is 0.500. The Bertz CT molecular complexity index is 802. The topological polar surface area (TPSA) is 20.2 Å². The van der Waals surface area contributed by atoms with Crippen LogP contribution in [0, 0.1) is 16.7 Å². The van der Waals surface area contributed by atoms with Gasteiger partial charge in [-0.25, -0.2) is 0 Å². The molecule has 120 valence electrons. The normalized spacial score (nSPS) is 37.0. The minimum absolute atomic E-state index is 0.00885. The van der Waals surface area contributed by atoms with E-state index in [0.717, 1.165) is 32.1 Å². The fourth-order valence-corrected chi connectivity index (χ4v) is 6.16. The number of aryl methyl sites for hydroxylation is 1. The highest BCUT2D eigenvalue weighted by Crippen LogP contribution is 2.82. The zero-order chi connectivity index (χ0) is 16.0. The maximum atomic E-state index is 13.5. The molecule has 5 rings (SSSR count). The SMILES string of the molecule is C[C@@]12CCC3=C(CCc4cc(O)ccc43)[C@]13C[C@@H]3CC2=C(F)F. The molecule has 2 saturated carbocycles. The summed E-state index contributed by atoms with van der Waals surface area (Å²) in [6.45, 7) is 2.09. The molecule has 0 aliphatic heterocycles. The quantitative estimate of drug-likeness (QED) is 0.675. The van der Waals surface area contributed by atoms with Gasteiger partial charge in [-0.2, -0.15) is 8.78 Å². The third kappa shape index (κ3) is 1.47. The summed E-state index contributed by atoms with van der Waals surface area (Å²) in [5.41, 5.74) is 5.45. The Kier molecular flexibility index (Phi) is 2.43. The van der Waals surface area contributed by atoms with E-state index in [2.05, 4.69) is 6.92 Å². The molecule has 3 atom stereocenters. The molecule has 1 aromatic carbocycles. The summed E-state index contributed by atoms with van der Waals surface area (Å²) in [5, 5.41) is 9.72. The van der Waals surface area contributed by atoms with Gasteiger partial charge in [-0.1, -0.05) is 18.6 Å². The van der Waals surface area contributed by atoms with Crippen LogP contribution in [0.4, 0.5) is 8.78 Å². The molecule has 0 saturated heterocycles. The second kappa shape index (κ2) is 4.06. The van der Waals surface area contributed by atoms with Gasteiger partial charge in [0.25, 0.3) is 6.08 Å². The van der Waals surface area contributed by atoms with Crippen LogP contribution < -0.4 is 0 Å². The minimum atomic E-state index is -1.43. The van der Waals surface area contributed by atoms with Gasteiger partial charge in [-0.05, 0) is 73.3 Å². The zero-order valence-corrected chi connectivity index (χ0v) is 13.3. The molecule has 3 heteroatoms. The maximum absolute atomic E-state index is 13.5. The highest BCUT2D eigenvalue weighted by molar-refractivity contribution is 5.78. The summed E-state index contributed by atoms with van der Waals surface area (Å²) < 4.78 is 27.0. The molecule has 2 fully saturated rings. The van der Waals surface area contributed by atoms with Crippen molar-refractivity contribution in [3.8, 4) is 5.75 Å². The summed E-state index contributed by atoms with van der Waals surface area (Å²) in [6.07, 6.45) is 3.86. The molecule has 0 amide bonds. The fourth-order valence-electron chi connectivity index (χ4n) is 6.16. The van der Waals surface area contributed by atoms with Gasteiger partial charge in [-0.15, -0.1) is 0 Å². The lowest BCUT2D eigenvalue weighted by Crippen LogP contribution is -2.35. The van der Waals surface area contributed by atoms with Crippen LogP contribution in [0.5, 0.6) is 5.75 Å². The lowest BCUT2D eigenvalue weighted by molar-refractivity contribution is 0.217. The Labute approximate surface area is 134 Å². The van der Waals surface area contributed by atoms with Crippen LogP contribution in [0.25, 0.3) is 5.57 Å². The Hall–Kier alpha value is -1.64. The van der Waals surface area contributed by atoms with Crippen molar-refractivity contribution in [1.82, 2.24) is 0 Å². The number of phenols is 1. The number of benzene rings is 1. The van der Waals surface area contributed by atoms with E-state index in [4.69, 9.17) is 0 Å². The zero-order valence-electron chi connectivity index (χ0n) is 13.3. The van der Waals surface area contributed by atoms with Gasteiger partial charge in [0.2, 0.25) is 0 Å². The van der Waals surface area contributed by atoms with Crippen molar-refractivity contribution in [3.63, 3.8) is 0 Å². The van der Waals surface area contributed by atoms with Crippen LogP contribution in [0.2, 0.25) is 0 Å². The van der Waals surface area contributed by atoms with Crippen molar-refractivity contribution in [3.05, 3.63) is 46.6 Å². The number of fused-ring (bicyclic) bond motifs is 2. The van der Waals surface area contributed by atoms with E-state index < -0.39 is 6.08 Å². The van der Waals surface area contributed by atoms with Crippen LogP contribution in [0.3, 0.4) is 0 Å². The van der Waals surface area contributed by atoms with E-state index >= 15 is 0 Å². The van der Waals surface area contributed by atoms with Crippen molar-refractivity contribution in [2.24, 2.45) is 16.7 Å². The number of hydrogen-bond acceptors (Lipinski definition) is 1. The van der Waals surface area contributed by atoms with Gasteiger partial charge < -0.3 is 5.11 Å². The second-order valence-electron chi connectivity index (χ2n) is 7.95. The first-order valence-corrected chi connectivity index (χ1v) is 8.57. The van der Waals surface area contributed by atoms with Crippen LogP contribution in [0.15, 0.2) is 35.4 Å². The highest BCUT2D eigenvalue weighted by atomic mass is 19.3. The molecule has 1 N–H and O–H groups in total. The van der Waals surface area contributed by atoms with Gasteiger partial charge in [0.05, 0.1) is 0 Å². The molecular weight excluding hydrogens is 294 g/mol. The molecule has 23 heavy (non-hydrogen) atoms. The first-order valence-electron chi connectivity index (χ1n) is 8.57. The van der Waals surface area contributed by atoms with Gasteiger partial charge >= 0.3 is 0 Å². The molecule has 0 bridgehead atoms. The molecule has 0 radical (unpaired) electrons. The maximum Gasteiger partial charge on any atom is 0.270 e. The monoisotopic (exact) mass is 314 g/mol. The Morgan fingerprint density at radius 2 is 2.04 bits per heavy atom. The number of hydrogen-bond donors (Lipinski definition) is 1. The first-order chi connectivity index (χ1) is 11.0. The Morgan fingerprint density at radius 3 is 2.83 bits per heavy atom. The molecule has 1 nitrogen and oxygen atoms in total. The molecule has 4 aliphatic rings. The van der Waals surface area contributed by atoms with Crippen LogP contribution in [-0.4, -0.2) is 5.11 Å². The summed E-state index contributed by atoms with van der Waals surface area (Å²) in [7, 11) is 0. The molecular formula is C20H20F2O. The Morgan fingerprint density at radius 1 is 1.22 bits per heavy atom. The third-order valence-electron chi connectivity index (χ3n) is 7.27. The summed E-state index contributed by atoms with van der Waals surface area (Å²) >= 11 is 0. The average Bonchev–Trinajstić information content (AvgIpc) is 3.17. The van der Waals surface area contributed by atoms with Crippen molar-refractivity contribution in [1.29, 1.82) is 0 Å². The smallest absolute Gasteiger partial charge is 0.270 e. The van der Waals surface area contributed by atoms with Crippen LogP contribution >= 0.6 is 0 Å². The van der Waals surface area contributed by atoms with Crippen molar-refractivity contribution in [2.45, 2.75) is 45.4 Å². The molecule has 1 aromatic rings. The second-order valence-corrected chi connectivity index (χ2v) is 7.95. The van der Waals surface area contributed by atoms with Gasteiger partial charge in [0.15, 0.2) is 0 Å². The lowest BCUT2D eigenvalue weighted by Gasteiger charge is -2.45. The first kappa shape index (κ1) is 13.8. The number of aromatic hydroxyl groups is 1. The molecule has 1 spiro atoms. The summed E-state index contributed by atoms with van der Waals surface area (Å²) in [6, 6.07) is 5.65. The van der Waals surface area contributed by atoms with Crippen LogP contribution in [0.1, 0.15) is 50.2 Å². The molecule has 0 unspecified atom stereocenters. The van der Waals surface area contributed by atoms with E-state index in [1.54, 1.807) is 6.07 Å². The number of phenolic OH excluding ortho intramolecular Hbond substituents is 1. The van der Waals surface area contributed by atoms with E-state index in [1.807, 2.05) is 12.1 Å². The van der Waals surface area contributed by atoms with Crippen molar-refractivity contribution >= 4 is 5.57 Å². The van der Waals surface area contributed by atoms with E-state index in [-0.39, 0.29) is 10.8 Å². The van der Waals surface area contributed by atoms with Crippen LogP contribution in [-0.2, 0) is 6.42 Å². The highest BCUT2D eigenvalue weighted by Gasteiger charge is 2.73. The largest absolute Gasteiger partial charge is 0.508 e. The third-order valence-corrected chi connectivity index (χ3v) is 7.27. The molecule has 0 aromatic heterocycles. The van der Waals surface area contributed by atoms with Crippen molar-refractivity contribution < 1.29 is 13.9 Å². The minimum Gasteiger partial charge on any atom is -0.508 e. The van der Waals surface area contributed by atoms with Gasteiger partial charge in [0, 0.05) is 16.4 Å². The molecule has 4 aliphatic carbocycles. The van der Waals surface area contributed by atoms with E-state index in [1.165, 1.54) is 22.3 Å². The summed E-state index contributed by atoms with van der Waals surface area (Å²) in [4.78, 5) is 0.